The van der Waals surface area contributed by atoms with Crippen LogP contribution in [-0.4, -0.2) is 15.0 Å². The van der Waals surface area contributed by atoms with Crippen molar-refractivity contribution in [1.82, 2.24) is 15.0 Å². The fraction of sp³-hybridized carbons (Fsp3) is 0.0172. The molecule has 2 aromatic heterocycles. The van der Waals surface area contributed by atoms with Gasteiger partial charge in [-0.2, -0.15) is 0 Å². The first kappa shape index (κ1) is 34.6. The molecule has 0 unspecified atom stereocenters. The van der Waals surface area contributed by atoms with Gasteiger partial charge in [-0.1, -0.05) is 188 Å². The molecule has 4 nitrogen and oxygen atoms in total. The zero-order valence-corrected chi connectivity index (χ0v) is 33.5. The summed E-state index contributed by atoms with van der Waals surface area (Å²) in [6.45, 7) is 0. The number of rotatable bonds is 5. The summed E-state index contributed by atoms with van der Waals surface area (Å²) >= 11 is 0. The predicted octanol–water partition coefficient (Wildman–Crippen LogP) is 14.4. The number of hydrogen-bond donors (Lipinski definition) is 0. The molecule has 1 spiro atoms. The summed E-state index contributed by atoms with van der Waals surface area (Å²) in [5, 5.41) is 1.99. The molecular weight excluding hydrogens is 755 g/mol. The van der Waals surface area contributed by atoms with Crippen LogP contribution in [0, 0.1) is 0 Å². The van der Waals surface area contributed by atoms with Crippen molar-refractivity contribution in [2.24, 2.45) is 0 Å². The summed E-state index contributed by atoms with van der Waals surface area (Å²) in [7, 11) is 0. The van der Waals surface area contributed by atoms with Crippen molar-refractivity contribution in [2.45, 2.75) is 5.41 Å². The van der Waals surface area contributed by atoms with E-state index in [0.29, 0.717) is 17.5 Å². The van der Waals surface area contributed by atoms with E-state index in [4.69, 9.17) is 19.4 Å². The molecule has 0 atom stereocenters. The van der Waals surface area contributed by atoms with Gasteiger partial charge in [0.05, 0.1) is 5.41 Å². The molecule has 2 aliphatic carbocycles. The van der Waals surface area contributed by atoms with Crippen molar-refractivity contribution in [3.05, 3.63) is 235 Å². The molecular formula is C58H35N3O. The Bertz CT molecular complexity index is 3450. The van der Waals surface area contributed by atoms with Crippen LogP contribution in [0.1, 0.15) is 22.3 Å². The number of aromatic nitrogens is 3. The molecule has 4 heteroatoms. The monoisotopic (exact) mass is 789 g/mol. The second kappa shape index (κ2) is 13.4. The van der Waals surface area contributed by atoms with Gasteiger partial charge in [-0.3, -0.25) is 0 Å². The predicted molar refractivity (Wildman–Crippen MR) is 251 cm³/mol. The van der Waals surface area contributed by atoms with E-state index in [9.17, 15) is 0 Å². The van der Waals surface area contributed by atoms with Crippen LogP contribution in [0.25, 0.3) is 101 Å². The minimum absolute atomic E-state index is 0.371. The topological polar surface area (TPSA) is 51.8 Å². The average Bonchev–Trinajstić information content (AvgIpc) is 3.98. The lowest BCUT2D eigenvalue weighted by Crippen LogP contribution is -2.25. The van der Waals surface area contributed by atoms with E-state index in [-0.39, 0.29) is 5.41 Å². The Kier molecular flexibility index (Phi) is 7.49. The lowest BCUT2D eigenvalue weighted by atomic mass is 9.70. The third-order valence-electron chi connectivity index (χ3n) is 13.0. The highest BCUT2D eigenvalue weighted by atomic mass is 16.3. The molecule has 0 radical (unpaired) electrons. The first-order chi connectivity index (χ1) is 30.7. The molecule has 62 heavy (non-hydrogen) atoms. The highest BCUT2D eigenvalue weighted by molar-refractivity contribution is 6.13. The van der Waals surface area contributed by atoms with Gasteiger partial charge in [-0.25, -0.2) is 15.0 Å². The maximum atomic E-state index is 6.48. The van der Waals surface area contributed by atoms with Crippen LogP contribution in [-0.2, 0) is 5.41 Å². The van der Waals surface area contributed by atoms with Crippen LogP contribution in [0.5, 0.6) is 0 Å². The van der Waals surface area contributed by atoms with Crippen LogP contribution < -0.4 is 0 Å². The van der Waals surface area contributed by atoms with Gasteiger partial charge < -0.3 is 4.42 Å². The summed E-state index contributed by atoms with van der Waals surface area (Å²) < 4.78 is 6.48. The first-order valence-electron chi connectivity index (χ1n) is 21.1. The standard InChI is InChI=1S/C58H35N3O/c1-3-14-38(15-4-1)55-59-56(39-16-5-2-6-17-39)61-57(60-55)46-21-13-25-53-54(46)47-34-40(31-33-52(47)62-53)36-26-28-37(29-27-36)41-30-32-45-44-20-9-12-24-50(44)58(51(45)35-41)48-22-10-7-18-42(48)43-19-8-11-23-49(43)58/h1-35H. The van der Waals surface area contributed by atoms with Gasteiger partial charge >= 0.3 is 0 Å². The van der Waals surface area contributed by atoms with E-state index in [2.05, 4.69) is 140 Å². The van der Waals surface area contributed by atoms with Crippen LogP contribution >= 0.6 is 0 Å². The summed E-state index contributed by atoms with van der Waals surface area (Å²) in [6.07, 6.45) is 0. The van der Waals surface area contributed by atoms with Gasteiger partial charge in [0.2, 0.25) is 0 Å². The zero-order chi connectivity index (χ0) is 40.8. The van der Waals surface area contributed by atoms with E-state index in [1.807, 2.05) is 72.8 Å². The SMILES string of the molecule is c1ccc(-c2nc(-c3ccccc3)nc(-c3cccc4oc5ccc(-c6ccc(-c7ccc8c(c7)C7(c9ccccc9-c9ccccc97)c7ccccc7-8)cc6)cc5c34)n2)cc1. The van der Waals surface area contributed by atoms with Gasteiger partial charge in [0.15, 0.2) is 17.5 Å². The largest absolute Gasteiger partial charge is 0.456 e. The van der Waals surface area contributed by atoms with Crippen molar-refractivity contribution >= 4 is 21.9 Å². The number of benzene rings is 9. The number of hydrogen-bond acceptors (Lipinski definition) is 4. The molecule has 0 N–H and O–H groups in total. The second-order valence-corrected chi connectivity index (χ2v) is 16.3. The quantitative estimate of drug-likeness (QED) is 0.174. The smallest absolute Gasteiger partial charge is 0.164 e. The molecule has 0 bridgehead atoms. The molecule has 0 aliphatic heterocycles. The maximum absolute atomic E-state index is 6.48. The number of nitrogens with zero attached hydrogens (tertiary/aromatic N) is 3. The van der Waals surface area contributed by atoms with E-state index in [1.165, 1.54) is 55.6 Å². The van der Waals surface area contributed by atoms with Crippen molar-refractivity contribution < 1.29 is 4.42 Å². The van der Waals surface area contributed by atoms with Gasteiger partial charge in [0, 0.05) is 27.5 Å². The minimum Gasteiger partial charge on any atom is -0.456 e. The van der Waals surface area contributed by atoms with Gasteiger partial charge in [-0.15, -0.1) is 0 Å². The van der Waals surface area contributed by atoms with Crippen LogP contribution in [0.4, 0.5) is 0 Å². The molecule has 0 saturated carbocycles. The van der Waals surface area contributed by atoms with E-state index in [1.54, 1.807) is 0 Å². The summed E-state index contributed by atoms with van der Waals surface area (Å²) in [5.41, 5.74) is 19.3. The van der Waals surface area contributed by atoms with Crippen molar-refractivity contribution in [3.8, 4) is 78.7 Å². The van der Waals surface area contributed by atoms with E-state index < -0.39 is 0 Å². The highest BCUT2D eigenvalue weighted by Gasteiger charge is 2.51. The maximum Gasteiger partial charge on any atom is 0.164 e. The molecule has 288 valence electrons. The second-order valence-electron chi connectivity index (χ2n) is 16.3. The molecule has 0 saturated heterocycles. The minimum atomic E-state index is -0.371. The zero-order valence-electron chi connectivity index (χ0n) is 33.5. The fourth-order valence-electron chi connectivity index (χ4n) is 10.3. The molecule has 13 rings (SSSR count). The molecule has 2 heterocycles. The molecule has 11 aromatic rings. The Morgan fingerprint density at radius 3 is 1.32 bits per heavy atom. The van der Waals surface area contributed by atoms with Gasteiger partial charge in [-0.05, 0) is 91.0 Å². The Labute approximate surface area is 358 Å². The first-order valence-corrected chi connectivity index (χ1v) is 21.1. The van der Waals surface area contributed by atoms with Crippen LogP contribution in [0.2, 0.25) is 0 Å². The summed E-state index contributed by atoms with van der Waals surface area (Å²) in [6, 6.07) is 75.7. The van der Waals surface area contributed by atoms with Crippen molar-refractivity contribution in [3.63, 3.8) is 0 Å². The van der Waals surface area contributed by atoms with Crippen LogP contribution in [0.15, 0.2) is 217 Å². The van der Waals surface area contributed by atoms with Gasteiger partial charge in [0.1, 0.15) is 11.2 Å². The fourth-order valence-corrected chi connectivity index (χ4v) is 10.3. The Balaban J connectivity index is 0.910. The Hall–Kier alpha value is -8.21. The van der Waals surface area contributed by atoms with E-state index >= 15 is 0 Å². The number of furan rings is 1. The molecule has 0 fully saturated rings. The summed E-state index contributed by atoms with van der Waals surface area (Å²) in [5.74, 6) is 1.85. The number of fused-ring (bicyclic) bond motifs is 13. The third-order valence-corrected chi connectivity index (χ3v) is 13.0. The summed E-state index contributed by atoms with van der Waals surface area (Å²) in [4.78, 5) is 15.1. The van der Waals surface area contributed by atoms with Crippen LogP contribution in [0.3, 0.4) is 0 Å². The molecule has 2 aliphatic rings. The third kappa shape index (κ3) is 5.04. The average molecular weight is 790 g/mol. The molecule has 0 amide bonds. The van der Waals surface area contributed by atoms with E-state index in [0.717, 1.165) is 49.8 Å². The van der Waals surface area contributed by atoms with Crippen molar-refractivity contribution in [1.29, 1.82) is 0 Å². The van der Waals surface area contributed by atoms with Gasteiger partial charge in [0.25, 0.3) is 0 Å². The molecule has 9 aromatic carbocycles. The normalized spacial score (nSPS) is 13.0. The highest BCUT2D eigenvalue weighted by Crippen LogP contribution is 2.63. The Morgan fingerprint density at radius 1 is 0.290 bits per heavy atom. The van der Waals surface area contributed by atoms with Crippen molar-refractivity contribution in [2.75, 3.05) is 0 Å². The Morgan fingerprint density at radius 2 is 0.742 bits per heavy atom. The lowest BCUT2D eigenvalue weighted by Gasteiger charge is -2.30. The lowest BCUT2D eigenvalue weighted by molar-refractivity contribution is 0.669.